The molecule has 0 aliphatic carbocycles. The summed E-state index contributed by atoms with van der Waals surface area (Å²) in [5.74, 6) is 1.55. The van der Waals surface area contributed by atoms with Gasteiger partial charge >= 0.3 is 0 Å². The number of para-hydroxylation sites is 2. The number of fused-ring (bicyclic) bond motifs is 2. The maximum Gasteiger partial charge on any atom is 0.238 e. The van der Waals surface area contributed by atoms with Crippen molar-refractivity contribution in [3.63, 3.8) is 0 Å². The lowest BCUT2D eigenvalue weighted by Gasteiger charge is -2.27. The third kappa shape index (κ3) is 3.23. The van der Waals surface area contributed by atoms with E-state index in [0.717, 1.165) is 21.2 Å². The van der Waals surface area contributed by atoms with E-state index in [4.69, 9.17) is 4.74 Å². The van der Waals surface area contributed by atoms with Crippen molar-refractivity contribution in [1.82, 2.24) is 10.2 Å². The lowest BCUT2D eigenvalue weighted by Crippen LogP contribution is -2.25. The van der Waals surface area contributed by atoms with Crippen LogP contribution in [-0.2, 0) is 4.79 Å². The van der Waals surface area contributed by atoms with Gasteiger partial charge < -0.3 is 4.74 Å². The first-order chi connectivity index (χ1) is 12.8. The van der Waals surface area contributed by atoms with Crippen molar-refractivity contribution in [3.8, 4) is 11.5 Å². The fraction of sp³-hybridized carbons (Fsp3) is 0.105. The largest absolute Gasteiger partial charge is 0.457 e. The summed E-state index contributed by atoms with van der Waals surface area (Å²) in [6.07, 6.45) is 1.81. The minimum Gasteiger partial charge on any atom is -0.457 e. The Labute approximate surface area is 159 Å². The molecule has 4 rings (SSSR count). The van der Waals surface area contributed by atoms with Crippen LogP contribution in [-0.4, -0.2) is 21.9 Å². The van der Waals surface area contributed by atoms with E-state index in [1.165, 1.54) is 23.1 Å². The zero-order valence-electron chi connectivity index (χ0n) is 13.7. The van der Waals surface area contributed by atoms with E-state index in [0.29, 0.717) is 16.6 Å². The maximum absolute atomic E-state index is 13.1. The van der Waals surface area contributed by atoms with Crippen molar-refractivity contribution in [3.05, 3.63) is 72.3 Å². The van der Waals surface area contributed by atoms with Gasteiger partial charge in [-0.15, -0.1) is 16.8 Å². The molecule has 1 aromatic heterocycles. The van der Waals surface area contributed by atoms with Crippen molar-refractivity contribution in [2.24, 2.45) is 0 Å². The van der Waals surface area contributed by atoms with Crippen LogP contribution in [0.1, 0.15) is 17.0 Å². The SMILES string of the molecule is C=CCSc1nnc(NC(=O)C2c3ccccc3Oc3ccccc32)s1. The number of nitrogens with zero attached hydrogens (tertiary/aromatic N) is 2. The van der Waals surface area contributed by atoms with Gasteiger partial charge in [0.1, 0.15) is 11.5 Å². The van der Waals surface area contributed by atoms with Gasteiger partial charge in [-0.3, -0.25) is 10.1 Å². The molecule has 0 spiro atoms. The molecule has 0 saturated heterocycles. The number of carbonyl (C=O) groups is 1. The summed E-state index contributed by atoms with van der Waals surface area (Å²) in [6, 6.07) is 15.2. The molecule has 1 N–H and O–H groups in total. The predicted molar refractivity (Wildman–Crippen MR) is 104 cm³/mol. The van der Waals surface area contributed by atoms with Gasteiger partial charge in [0.15, 0.2) is 4.34 Å². The summed E-state index contributed by atoms with van der Waals surface area (Å²) in [5, 5.41) is 11.5. The highest BCUT2D eigenvalue weighted by Crippen LogP contribution is 2.44. The first-order valence-corrected chi connectivity index (χ1v) is 9.80. The highest BCUT2D eigenvalue weighted by Gasteiger charge is 2.32. The Morgan fingerprint density at radius 2 is 1.81 bits per heavy atom. The summed E-state index contributed by atoms with van der Waals surface area (Å²) in [6.45, 7) is 3.69. The molecule has 1 amide bonds. The van der Waals surface area contributed by atoms with Crippen LogP contribution in [0.5, 0.6) is 11.5 Å². The highest BCUT2D eigenvalue weighted by molar-refractivity contribution is 8.01. The average molecular weight is 381 g/mol. The number of amides is 1. The number of rotatable bonds is 5. The summed E-state index contributed by atoms with van der Waals surface area (Å²) >= 11 is 2.89. The molecule has 130 valence electrons. The summed E-state index contributed by atoms with van der Waals surface area (Å²) in [5.41, 5.74) is 1.68. The maximum atomic E-state index is 13.1. The highest BCUT2D eigenvalue weighted by atomic mass is 32.2. The molecule has 0 bridgehead atoms. The van der Waals surface area contributed by atoms with Gasteiger partial charge in [0.05, 0.1) is 5.92 Å². The number of benzene rings is 2. The molecule has 0 saturated carbocycles. The normalized spacial score (nSPS) is 12.6. The zero-order chi connectivity index (χ0) is 17.9. The molecule has 2 heterocycles. The first-order valence-electron chi connectivity index (χ1n) is 8.00. The molecule has 1 aliphatic rings. The minimum atomic E-state index is -0.454. The number of hydrogen-bond acceptors (Lipinski definition) is 6. The van der Waals surface area contributed by atoms with Gasteiger partial charge in [-0.05, 0) is 12.1 Å². The van der Waals surface area contributed by atoms with Gasteiger partial charge in [-0.2, -0.15) is 0 Å². The number of nitrogens with one attached hydrogen (secondary N) is 1. The van der Waals surface area contributed by atoms with Crippen molar-refractivity contribution in [2.75, 3.05) is 11.1 Å². The molecule has 0 unspecified atom stereocenters. The van der Waals surface area contributed by atoms with Crippen LogP contribution in [0, 0.1) is 0 Å². The van der Waals surface area contributed by atoms with Crippen molar-refractivity contribution in [2.45, 2.75) is 10.3 Å². The van der Waals surface area contributed by atoms with Gasteiger partial charge in [0.2, 0.25) is 11.0 Å². The van der Waals surface area contributed by atoms with E-state index in [1.54, 1.807) is 6.08 Å². The van der Waals surface area contributed by atoms with Gasteiger partial charge in [-0.1, -0.05) is 65.6 Å². The van der Waals surface area contributed by atoms with Crippen LogP contribution in [0.4, 0.5) is 5.13 Å². The Morgan fingerprint density at radius 1 is 1.15 bits per heavy atom. The summed E-state index contributed by atoms with van der Waals surface area (Å²) in [7, 11) is 0. The average Bonchev–Trinajstić information content (AvgIpc) is 3.11. The minimum absolute atomic E-state index is 0.148. The van der Waals surface area contributed by atoms with Gasteiger partial charge in [0, 0.05) is 16.9 Å². The topological polar surface area (TPSA) is 64.1 Å². The van der Waals surface area contributed by atoms with E-state index in [2.05, 4.69) is 22.1 Å². The second-order valence-electron chi connectivity index (χ2n) is 5.57. The Balaban J connectivity index is 1.63. The van der Waals surface area contributed by atoms with Crippen LogP contribution in [0.3, 0.4) is 0 Å². The number of hydrogen-bond donors (Lipinski definition) is 1. The van der Waals surface area contributed by atoms with E-state index >= 15 is 0 Å². The Bertz CT molecular complexity index is 925. The molecule has 0 atom stereocenters. The van der Waals surface area contributed by atoms with Crippen LogP contribution >= 0.6 is 23.1 Å². The van der Waals surface area contributed by atoms with Crippen LogP contribution in [0.2, 0.25) is 0 Å². The molecular weight excluding hydrogens is 366 g/mol. The molecule has 0 radical (unpaired) electrons. The predicted octanol–water partition coefficient (Wildman–Crippen LogP) is 4.69. The van der Waals surface area contributed by atoms with E-state index < -0.39 is 5.92 Å². The molecule has 0 fully saturated rings. The van der Waals surface area contributed by atoms with Crippen molar-refractivity contribution < 1.29 is 9.53 Å². The Kier molecular flexibility index (Phi) is 4.73. The van der Waals surface area contributed by atoms with Crippen LogP contribution < -0.4 is 10.1 Å². The molecule has 26 heavy (non-hydrogen) atoms. The number of aromatic nitrogens is 2. The van der Waals surface area contributed by atoms with Crippen LogP contribution in [0.25, 0.3) is 0 Å². The smallest absolute Gasteiger partial charge is 0.238 e. The third-order valence-electron chi connectivity index (χ3n) is 3.90. The lowest BCUT2D eigenvalue weighted by molar-refractivity contribution is -0.116. The standard InChI is InChI=1S/C19H15N3O2S2/c1-2-11-25-19-22-21-18(26-19)20-17(23)16-12-7-3-5-9-14(12)24-15-10-6-4-8-13(15)16/h2-10,16H,1,11H2,(H,20,21,23). The Morgan fingerprint density at radius 3 is 2.46 bits per heavy atom. The fourth-order valence-corrected chi connectivity index (χ4v) is 4.33. The number of anilines is 1. The zero-order valence-corrected chi connectivity index (χ0v) is 15.3. The van der Waals surface area contributed by atoms with Gasteiger partial charge in [0.25, 0.3) is 0 Å². The number of thioether (sulfide) groups is 1. The van der Waals surface area contributed by atoms with Crippen LogP contribution in [0.15, 0.2) is 65.5 Å². The lowest BCUT2D eigenvalue weighted by atomic mass is 9.87. The molecular formula is C19H15N3O2S2. The number of ether oxygens (including phenoxy) is 1. The van der Waals surface area contributed by atoms with E-state index in [9.17, 15) is 4.79 Å². The Hall–Kier alpha value is -2.64. The van der Waals surface area contributed by atoms with E-state index in [1.807, 2.05) is 48.5 Å². The van der Waals surface area contributed by atoms with Crippen molar-refractivity contribution in [1.29, 1.82) is 0 Å². The number of carbonyl (C=O) groups excluding carboxylic acids is 1. The second-order valence-corrected chi connectivity index (χ2v) is 7.82. The molecule has 2 aromatic carbocycles. The third-order valence-corrected chi connectivity index (χ3v) is 5.87. The fourth-order valence-electron chi connectivity index (χ4n) is 2.82. The molecule has 1 aliphatic heterocycles. The quantitative estimate of drug-likeness (QED) is 0.394. The summed E-state index contributed by atoms with van der Waals surface area (Å²) < 4.78 is 6.74. The summed E-state index contributed by atoms with van der Waals surface area (Å²) in [4.78, 5) is 13.1. The van der Waals surface area contributed by atoms with E-state index in [-0.39, 0.29) is 5.91 Å². The molecule has 5 nitrogen and oxygen atoms in total. The van der Waals surface area contributed by atoms with Crippen molar-refractivity contribution >= 4 is 34.1 Å². The molecule has 7 heteroatoms. The molecule has 3 aromatic rings. The monoisotopic (exact) mass is 381 g/mol. The van der Waals surface area contributed by atoms with Gasteiger partial charge in [-0.25, -0.2) is 0 Å². The second kappa shape index (κ2) is 7.31. The first kappa shape index (κ1) is 16.8.